The zero-order valence-electron chi connectivity index (χ0n) is 19.5. The lowest BCUT2D eigenvalue weighted by molar-refractivity contribution is 0.350. The smallest absolute Gasteiger partial charge is 0.167 e. The van der Waals surface area contributed by atoms with Crippen LogP contribution < -0.4 is 29.4 Å². The standard InChI is InChI=1S/C27H27FN2O4/c1-31-24-9-5-7-18(26(24)33-3)11-14-20-17-23(22-8-6-10-25(32-2)27(22)34-4)30(29-20)21-15-12-19(28)13-16-21/h5-17,23,29H,1-4H3/b14-11+/t23-/m0/s1. The van der Waals surface area contributed by atoms with Gasteiger partial charge in [-0.1, -0.05) is 24.3 Å². The highest BCUT2D eigenvalue weighted by atomic mass is 19.1. The third-order valence-corrected chi connectivity index (χ3v) is 5.60. The lowest BCUT2D eigenvalue weighted by atomic mass is 10.0. The largest absolute Gasteiger partial charge is 0.493 e. The highest BCUT2D eigenvalue weighted by molar-refractivity contribution is 5.65. The number of ether oxygens (including phenoxy) is 4. The van der Waals surface area contributed by atoms with Crippen LogP contribution in [0.15, 0.2) is 78.5 Å². The first-order valence-electron chi connectivity index (χ1n) is 10.7. The molecule has 176 valence electrons. The molecule has 6 nitrogen and oxygen atoms in total. The van der Waals surface area contributed by atoms with Gasteiger partial charge in [0.2, 0.25) is 0 Å². The number of nitrogens with one attached hydrogen (secondary N) is 1. The van der Waals surface area contributed by atoms with Crippen LogP contribution in [-0.2, 0) is 0 Å². The lowest BCUT2D eigenvalue weighted by Gasteiger charge is -2.28. The van der Waals surface area contributed by atoms with Crippen molar-refractivity contribution in [3.05, 3.63) is 95.5 Å². The van der Waals surface area contributed by atoms with E-state index < -0.39 is 0 Å². The van der Waals surface area contributed by atoms with Gasteiger partial charge in [0.25, 0.3) is 0 Å². The molecule has 1 heterocycles. The molecule has 3 aromatic carbocycles. The number of rotatable bonds is 8. The SMILES string of the molecule is COc1cccc(/C=C/C2=C[C@@H](c3cccc(OC)c3OC)N(c3ccc(F)cc3)N2)c1OC. The Morgan fingerprint density at radius 3 is 2.06 bits per heavy atom. The molecule has 0 radical (unpaired) electrons. The summed E-state index contributed by atoms with van der Waals surface area (Å²) in [7, 11) is 6.45. The molecule has 3 aromatic rings. The molecular formula is C27H27FN2O4. The van der Waals surface area contributed by atoms with Crippen molar-refractivity contribution in [2.24, 2.45) is 0 Å². The Labute approximate surface area is 198 Å². The summed E-state index contributed by atoms with van der Waals surface area (Å²) in [6.07, 6.45) is 5.98. The summed E-state index contributed by atoms with van der Waals surface area (Å²) in [6.45, 7) is 0. The second-order valence-corrected chi connectivity index (χ2v) is 7.52. The Hall–Kier alpha value is -4.13. The van der Waals surface area contributed by atoms with E-state index in [0.717, 1.165) is 22.5 Å². The molecule has 0 unspecified atom stereocenters. The number of benzene rings is 3. The Bertz CT molecular complexity index is 1210. The third kappa shape index (κ3) is 4.50. The lowest BCUT2D eigenvalue weighted by Crippen LogP contribution is -2.34. The van der Waals surface area contributed by atoms with E-state index in [-0.39, 0.29) is 11.9 Å². The minimum atomic E-state index is -0.295. The van der Waals surface area contributed by atoms with Crippen LogP contribution in [0, 0.1) is 5.82 Å². The van der Waals surface area contributed by atoms with Crippen LogP contribution in [0.25, 0.3) is 6.08 Å². The Morgan fingerprint density at radius 1 is 0.765 bits per heavy atom. The number of nitrogens with zero attached hydrogens (tertiary/aromatic N) is 1. The average molecular weight is 463 g/mol. The van der Waals surface area contributed by atoms with Crippen LogP contribution in [0.3, 0.4) is 0 Å². The van der Waals surface area contributed by atoms with Gasteiger partial charge in [-0.2, -0.15) is 0 Å². The van der Waals surface area contributed by atoms with E-state index >= 15 is 0 Å². The molecule has 0 aliphatic carbocycles. The van der Waals surface area contributed by atoms with Gasteiger partial charge < -0.3 is 18.9 Å². The molecule has 1 atom stereocenters. The number of para-hydroxylation sites is 2. The van der Waals surface area contributed by atoms with Crippen molar-refractivity contribution in [1.29, 1.82) is 0 Å². The fourth-order valence-corrected chi connectivity index (χ4v) is 4.01. The van der Waals surface area contributed by atoms with Gasteiger partial charge in [0.05, 0.1) is 45.9 Å². The van der Waals surface area contributed by atoms with Crippen LogP contribution in [0.5, 0.6) is 23.0 Å². The van der Waals surface area contributed by atoms with Gasteiger partial charge in [0.1, 0.15) is 5.82 Å². The molecule has 0 amide bonds. The molecule has 0 saturated carbocycles. The second kappa shape index (κ2) is 10.2. The van der Waals surface area contributed by atoms with Crippen molar-refractivity contribution in [1.82, 2.24) is 5.43 Å². The summed E-state index contributed by atoms with van der Waals surface area (Å²) in [4.78, 5) is 0. The van der Waals surface area contributed by atoms with Crippen molar-refractivity contribution in [2.45, 2.75) is 6.04 Å². The van der Waals surface area contributed by atoms with Crippen molar-refractivity contribution in [3.8, 4) is 23.0 Å². The predicted molar refractivity (Wildman–Crippen MR) is 131 cm³/mol. The summed E-state index contributed by atoms with van der Waals surface area (Å²) in [6, 6.07) is 17.6. The molecule has 1 aliphatic heterocycles. The van der Waals surface area contributed by atoms with Gasteiger partial charge in [-0.3, -0.25) is 10.4 Å². The fraction of sp³-hybridized carbons (Fsp3) is 0.185. The van der Waals surface area contributed by atoms with Crippen molar-refractivity contribution in [2.75, 3.05) is 33.4 Å². The zero-order chi connectivity index (χ0) is 24.1. The number of hydrogen-bond acceptors (Lipinski definition) is 6. The minimum absolute atomic E-state index is 0.234. The second-order valence-electron chi connectivity index (χ2n) is 7.52. The summed E-state index contributed by atoms with van der Waals surface area (Å²) >= 11 is 0. The van der Waals surface area contributed by atoms with Gasteiger partial charge in [0.15, 0.2) is 23.0 Å². The van der Waals surface area contributed by atoms with E-state index in [2.05, 4.69) is 11.5 Å². The Morgan fingerprint density at radius 2 is 1.41 bits per heavy atom. The maximum absolute atomic E-state index is 13.6. The summed E-state index contributed by atoms with van der Waals surface area (Å²) in [5, 5.41) is 1.96. The molecule has 0 saturated heterocycles. The maximum atomic E-state index is 13.6. The van der Waals surface area contributed by atoms with E-state index in [0.29, 0.717) is 23.0 Å². The van der Waals surface area contributed by atoms with Crippen LogP contribution >= 0.6 is 0 Å². The highest BCUT2D eigenvalue weighted by Gasteiger charge is 2.29. The van der Waals surface area contributed by atoms with Gasteiger partial charge in [-0.15, -0.1) is 0 Å². The Kier molecular flexibility index (Phi) is 6.92. The van der Waals surface area contributed by atoms with Gasteiger partial charge in [-0.05, 0) is 54.6 Å². The zero-order valence-corrected chi connectivity index (χ0v) is 19.5. The quantitative estimate of drug-likeness (QED) is 0.476. The molecule has 4 rings (SSSR count). The minimum Gasteiger partial charge on any atom is -0.493 e. The van der Waals surface area contributed by atoms with Crippen molar-refractivity contribution >= 4 is 11.8 Å². The van der Waals surface area contributed by atoms with E-state index in [1.807, 2.05) is 53.6 Å². The molecule has 0 bridgehead atoms. The monoisotopic (exact) mass is 462 g/mol. The van der Waals surface area contributed by atoms with Crippen LogP contribution in [0.2, 0.25) is 0 Å². The topological polar surface area (TPSA) is 52.2 Å². The van der Waals surface area contributed by atoms with E-state index in [4.69, 9.17) is 18.9 Å². The number of methoxy groups -OCH3 is 4. The normalized spacial score (nSPS) is 15.1. The molecule has 7 heteroatoms. The molecule has 0 spiro atoms. The van der Waals surface area contributed by atoms with Gasteiger partial charge in [0, 0.05) is 11.1 Å². The van der Waals surface area contributed by atoms with Crippen LogP contribution in [0.4, 0.5) is 10.1 Å². The summed E-state index contributed by atoms with van der Waals surface area (Å²) < 4.78 is 35.7. The summed E-state index contributed by atoms with van der Waals surface area (Å²) in [5.74, 6) is 2.29. The third-order valence-electron chi connectivity index (χ3n) is 5.60. The maximum Gasteiger partial charge on any atom is 0.167 e. The molecule has 1 N–H and O–H groups in total. The molecule has 34 heavy (non-hydrogen) atoms. The van der Waals surface area contributed by atoms with Crippen molar-refractivity contribution < 1.29 is 23.3 Å². The Balaban J connectivity index is 1.74. The van der Waals surface area contributed by atoms with Crippen molar-refractivity contribution in [3.63, 3.8) is 0 Å². The molecule has 1 aliphatic rings. The van der Waals surface area contributed by atoms with E-state index in [1.165, 1.54) is 12.1 Å². The number of hydrazine groups is 1. The first-order valence-corrected chi connectivity index (χ1v) is 10.7. The number of allylic oxidation sites excluding steroid dienone is 1. The molecule has 0 fully saturated rings. The first kappa shape index (κ1) is 23.0. The predicted octanol–water partition coefficient (Wildman–Crippen LogP) is 5.52. The van der Waals surface area contributed by atoms with Crippen LogP contribution in [0.1, 0.15) is 17.2 Å². The molecular weight excluding hydrogens is 435 g/mol. The average Bonchev–Trinajstić information content (AvgIpc) is 3.30. The van der Waals surface area contributed by atoms with Crippen LogP contribution in [-0.4, -0.2) is 28.4 Å². The first-order chi connectivity index (χ1) is 16.6. The fourth-order valence-electron chi connectivity index (χ4n) is 4.01. The van der Waals surface area contributed by atoms with E-state index in [1.54, 1.807) is 40.6 Å². The number of anilines is 1. The summed E-state index contributed by atoms with van der Waals surface area (Å²) in [5.41, 5.74) is 6.85. The number of halogens is 1. The number of hydrogen-bond donors (Lipinski definition) is 1. The van der Waals surface area contributed by atoms with Gasteiger partial charge in [-0.25, -0.2) is 4.39 Å². The molecule has 0 aromatic heterocycles. The highest BCUT2D eigenvalue weighted by Crippen LogP contribution is 2.41. The van der Waals surface area contributed by atoms with Gasteiger partial charge >= 0.3 is 0 Å². The van der Waals surface area contributed by atoms with E-state index in [9.17, 15) is 4.39 Å².